The molecule has 0 aliphatic rings. The van der Waals surface area contributed by atoms with Gasteiger partial charge in [0.25, 0.3) is 0 Å². The third-order valence-electron chi connectivity index (χ3n) is 1.68. The van der Waals surface area contributed by atoms with Crippen LogP contribution in [-0.2, 0) is 0 Å². The minimum Gasteiger partial charge on any atom is -0.370 e. The van der Waals surface area contributed by atoms with Crippen molar-refractivity contribution in [2.75, 3.05) is 0 Å². The van der Waals surface area contributed by atoms with Crippen molar-refractivity contribution in [1.29, 1.82) is 0 Å². The first-order chi connectivity index (χ1) is 7.40. The van der Waals surface area contributed by atoms with Crippen LogP contribution in [-0.4, -0.2) is 11.9 Å². The van der Waals surface area contributed by atoms with Gasteiger partial charge in [-0.15, -0.1) is 0 Å². The Kier molecular flexibility index (Phi) is 4.14. The van der Waals surface area contributed by atoms with Crippen LogP contribution in [0.2, 0.25) is 5.02 Å². The Labute approximate surface area is 107 Å². The first kappa shape index (κ1) is 12.8. The highest BCUT2D eigenvalue weighted by molar-refractivity contribution is 9.10. The van der Waals surface area contributed by atoms with E-state index in [1.807, 2.05) is 13.0 Å². The molecule has 0 aliphatic heterocycles. The van der Waals surface area contributed by atoms with Gasteiger partial charge in [-0.25, -0.2) is 4.99 Å². The van der Waals surface area contributed by atoms with Crippen molar-refractivity contribution >= 4 is 45.1 Å². The first-order valence-electron chi connectivity index (χ1n) is 4.29. The van der Waals surface area contributed by atoms with Gasteiger partial charge in [0.05, 0.1) is 10.7 Å². The van der Waals surface area contributed by atoms with Crippen LogP contribution in [0.1, 0.15) is 5.56 Å². The SMILES string of the molecule is Cc1cc(N=C(N)N=C(N)N)cc(Cl)c1Br. The Balaban J connectivity index is 3.12. The molecular formula is C9H11BrClN5. The highest BCUT2D eigenvalue weighted by atomic mass is 79.9. The average molecular weight is 305 g/mol. The predicted octanol–water partition coefficient (Wildman–Crippen LogP) is 1.63. The summed E-state index contributed by atoms with van der Waals surface area (Å²) >= 11 is 9.31. The van der Waals surface area contributed by atoms with Crippen molar-refractivity contribution in [3.63, 3.8) is 0 Å². The number of nitrogens with two attached hydrogens (primary N) is 3. The van der Waals surface area contributed by atoms with Gasteiger partial charge >= 0.3 is 0 Å². The molecule has 0 spiro atoms. The molecule has 86 valence electrons. The first-order valence-corrected chi connectivity index (χ1v) is 5.46. The summed E-state index contributed by atoms with van der Waals surface area (Å²) in [5, 5.41) is 0.552. The van der Waals surface area contributed by atoms with Crippen molar-refractivity contribution in [2.45, 2.75) is 6.92 Å². The van der Waals surface area contributed by atoms with E-state index < -0.39 is 0 Å². The molecule has 0 saturated heterocycles. The van der Waals surface area contributed by atoms with Crippen LogP contribution in [0.4, 0.5) is 5.69 Å². The van der Waals surface area contributed by atoms with Gasteiger partial charge in [-0.05, 0) is 40.5 Å². The topological polar surface area (TPSA) is 103 Å². The second kappa shape index (κ2) is 5.18. The lowest BCUT2D eigenvalue weighted by atomic mass is 10.2. The normalized spacial score (nSPS) is 11.3. The van der Waals surface area contributed by atoms with E-state index in [1.165, 1.54) is 0 Å². The molecule has 0 aliphatic carbocycles. The summed E-state index contributed by atoms with van der Waals surface area (Å²) in [7, 11) is 0. The lowest BCUT2D eigenvalue weighted by Crippen LogP contribution is -2.26. The Morgan fingerprint density at radius 2 is 1.94 bits per heavy atom. The molecule has 1 rings (SSSR count). The molecule has 0 bridgehead atoms. The average Bonchev–Trinajstić information content (AvgIpc) is 2.12. The molecule has 6 N–H and O–H groups in total. The number of rotatable bonds is 1. The number of aryl methyl sites for hydroxylation is 1. The Morgan fingerprint density at radius 3 is 2.44 bits per heavy atom. The molecular weight excluding hydrogens is 293 g/mol. The van der Waals surface area contributed by atoms with E-state index >= 15 is 0 Å². The van der Waals surface area contributed by atoms with Gasteiger partial charge in [0, 0.05) is 4.47 Å². The van der Waals surface area contributed by atoms with Crippen LogP contribution < -0.4 is 17.2 Å². The lowest BCUT2D eigenvalue weighted by molar-refractivity contribution is 1.35. The van der Waals surface area contributed by atoms with Crippen LogP contribution in [0, 0.1) is 6.92 Å². The van der Waals surface area contributed by atoms with Crippen LogP contribution >= 0.6 is 27.5 Å². The van der Waals surface area contributed by atoms with E-state index in [1.54, 1.807) is 6.07 Å². The summed E-state index contributed by atoms with van der Waals surface area (Å²) in [6.07, 6.45) is 0. The summed E-state index contributed by atoms with van der Waals surface area (Å²) in [6.45, 7) is 1.89. The standard InChI is InChI=1S/C9H11BrClN5/c1-4-2-5(3-6(11)7(4)10)15-9(14)16-8(12)13/h2-3H,1H3,(H6,12,13,14,15,16). The van der Waals surface area contributed by atoms with Gasteiger partial charge < -0.3 is 17.2 Å². The maximum Gasteiger partial charge on any atom is 0.223 e. The van der Waals surface area contributed by atoms with Gasteiger partial charge in [-0.2, -0.15) is 4.99 Å². The Hall–Kier alpha value is -1.27. The van der Waals surface area contributed by atoms with Gasteiger partial charge in [-0.1, -0.05) is 11.6 Å². The van der Waals surface area contributed by atoms with E-state index in [0.717, 1.165) is 10.0 Å². The summed E-state index contributed by atoms with van der Waals surface area (Å²) in [5.74, 6) is -0.154. The number of guanidine groups is 2. The van der Waals surface area contributed by atoms with Crippen molar-refractivity contribution in [3.05, 3.63) is 27.2 Å². The molecule has 1 aromatic carbocycles. The van der Waals surface area contributed by atoms with Gasteiger partial charge in [0.15, 0.2) is 5.96 Å². The predicted molar refractivity (Wildman–Crippen MR) is 71.0 cm³/mol. The number of nitrogens with zero attached hydrogens (tertiary/aromatic N) is 2. The highest BCUT2D eigenvalue weighted by Gasteiger charge is 2.03. The van der Waals surface area contributed by atoms with Gasteiger partial charge in [-0.3, -0.25) is 0 Å². The smallest absolute Gasteiger partial charge is 0.223 e. The number of benzene rings is 1. The van der Waals surface area contributed by atoms with E-state index in [2.05, 4.69) is 25.9 Å². The van der Waals surface area contributed by atoms with E-state index in [0.29, 0.717) is 10.7 Å². The zero-order valence-electron chi connectivity index (χ0n) is 8.54. The molecule has 0 saturated carbocycles. The maximum atomic E-state index is 5.97. The quantitative estimate of drug-likeness (QED) is 0.542. The number of hydrogen-bond donors (Lipinski definition) is 3. The van der Waals surface area contributed by atoms with Crippen molar-refractivity contribution < 1.29 is 0 Å². The molecule has 0 heterocycles. The van der Waals surface area contributed by atoms with Crippen LogP contribution in [0.3, 0.4) is 0 Å². The molecule has 0 radical (unpaired) electrons. The third-order valence-corrected chi connectivity index (χ3v) is 3.26. The van der Waals surface area contributed by atoms with E-state index in [4.69, 9.17) is 28.8 Å². The lowest BCUT2D eigenvalue weighted by Gasteiger charge is -2.03. The van der Waals surface area contributed by atoms with Crippen LogP contribution in [0.15, 0.2) is 26.6 Å². The van der Waals surface area contributed by atoms with Gasteiger partial charge in [0.1, 0.15) is 0 Å². The number of aliphatic imine (C=N–C) groups is 2. The summed E-state index contributed by atoms with van der Waals surface area (Å²) in [4.78, 5) is 7.60. The molecule has 0 atom stereocenters. The third kappa shape index (κ3) is 3.39. The van der Waals surface area contributed by atoms with Crippen LogP contribution in [0.5, 0.6) is 0 Å². The fraction of sp³-hybridized carbons (Fsp3) is 0.111. The fourth-order valence-corrected chi connectivity index (χ4v) is 1.55. The van der Waals surface area contributed by atoms with Crippen molar-refractivity contribution in [3.8, 4) is 0 Å². The molecule has 1 aromatic rings. The maximum absolute atomic E-state index is 5.97. The second-order valence-electron chi connectivity index (χ2n) is 3.07. The zero-order valence-corrected chi connectivity index (χ0v) is 10.9. The van der Waals surface area contributed by atoms with Crippen molar-refractivity contribution in [1.82, 2.24) is 0 Å². The Morgan fingerprint density at radius 1 is 1.31 bits per heavy atom. The molecule has 5 nitrogen and oxygen atoms in total. The molecule has 0 amide bonds. The number of halogens is 2. The second-order valence-corrected chi connectivity index (χ2v) is 4.27. The van der Waals surface area contributed by atoms with Gasteiger partial charge in [0.2, 0.25) is 5.96 Å². The zero-order chi connectivity index (χ0) is 12.3. The summed E-state index contributed by atoms with van der Waals surface area (Å²) in [5.41, 5.74) is 17.4. The monoisotopic (exact) mass is 303 g/mol. The summed E-state index contributed by atoms with van der Waals surface area (Å²) < 4.78 is 0.827. The van der Waals surface area contributed by atoms with E-state index in [9.17, 15) is 0 Å². The minimum absolute atomic E-state index is 0.0159. The highest BCUT2D eigenvalue weighted by Crippen LogP contribution is 2.30. The van der Waals surface area contributed by atoms with Crippen molar-refractivity contribution in [2.24, 2.45) is 27.2 Å². The number of hydrogen-bond acceptors (Lipinski definition) is 1. The molecule has 7 heteroatoms. The summed E-state index contributed by atoms with van der Waals surface area (Å²) in [6, 6.07) is 3.47. The van der Waals surface area contributed by atoms with Crippen LogP contribution in [0.25, 0.3) is 0 Å². The minimum atomic E-state index is -0.138. The largest absolute Gasteiger partial charge is 0.370 e. The molecule has 0 fully saturated rings. The molecule has 16 heavy (non-hydrogen) atoms. The molecule has 0 aromatic heterocycles. The molecule has 0 unspecified atom stereocenters. The fourth-order valence-electron chi connectivity index (χ4n) is 1.06. The van der Waals surface area contributed by atoms with E-state index in [-0.39, 0.29) is 11.9 Å². The Bertz CT molecular complexity index is 442.